The predicted molar refractivity (Wildman–Crippen MR) is 82.2 cm³/mol. The van der Waals surface area contributed by atoms with Crippen molar-refractivity contribution in [3.8, 4) is 5.82 Å². The fraction of sp³-hybridized carbons (Fsp3) is 0.154. The Labute approximate surface area is 138 Å². The third kappa shape index (κ3) is 3.54. The van der Waals surface area contributed by atoms with E-state index in [1.54, 1.807) is 18.2 Å². The normalized spacial score (nSPS) is 10.7. The number of halogens is 1. The number of hydrogen-bond acceptors (Lipinski definition) is 6. The second-order valence-electron chi connectivity index (χ2n) is 4.45. The minimum Gasteiger partial charge on any atom is -0.444 e. The number of carbonyl (C=O) groups is 1. The van der Waals surface area contributed by atoms with Crippen LogP contribution in [0.3, 0.4) is 0 Å². The minimum absolute atomic E-state index is 0.188. The fourth-order valence-corrected chi connectivity index (χ4v) is 2.15. The van der Waals surface area contributed by atoms with Gasteiger partial charge < -0.3 is 9.73 Å². The zero-order chi connectivity index (χ0) is 16.2. The van der Waals surface area contributed by atoms with Gasteiger partial charge >= 0.3 is 0 Å². The summed E-state index contributed by atoms with van der Waals surface area (Å²) < 4.78 is 8.30. The molecule has 10 heteroatoms. The average Bonchev–Trinajstić information content (AvgIpc) is 3.20. The van der Waals surface area contributed by atoms with E-state index in [4.69, 9.17) is 4.42 Å². The highest BCUT2D eigenvalue weighted by Gasteiger charge is 2.10. The van der Waals surface area contributed by atoms with Crippen molar-refractivity contribution in [2.75, 3.05) is 6.54 Å². The highest BCUT2D eigenvalue weighted by Crippen LogP contribution is 2.13. The van der Waals surface area contributed by atoms with Crippen LogP contribution in [0, 0.1) is 0 Å². The van der Waals surface area contributed by atoms with E-state index in [0.29, 0.717) is 10.5 Å². The summed E-state index contributed by atoms with van der Waals surface area (Å²) in [5, 5.41) is 10.8. The lowest BCUT2D eigenvalue weighted by Gasteiger charge is -2.07. The molecule has 0 unspecified atom stereocenters. The van der Waals surface area contributed by atoms with E-state index in [1.165, 1.54) is 28.1 Å². The number of furan rings is 1. The number of carbonyl (C=O) groups excluding carboxylic acids is 1. The number of aromatic nitrogens is 5. The van der Waals surface area contributed by atoms with Gasteiger partial charge in [0.15, 0.2) is 16.2 Å². The maximum absolute atomic E-state index is 11.8. The molecule has 3 rings (SSSR count). The van der Waals surface area contributed by atoms with Crippen LogP contribution in [0.15, 0.2) is 50.8 Å². The molecule has 1 amide bonds. The van der Waals surface area contributed by atoms with E-state index < -0.39 is 0 Å². The van der Waals surface area contributed by atoms with Crippen molar-refractivity contribution < 1.29 is 9.21 Å². The van der Waals surface area contributed by atoms with Gasteiger partial charge in [-0.05, 0) is 34.1 Å². The van der Waals surface area contributed by atoms with Crippen LogP contribution in [0.2, 0.25) is 0 Å². The number of amides is 1. The highest BCUT2D eigenvalue weighted by molar-refractivity contribution is 9.10. The third-order valence-corrected chi connectivity index (χ3v) is 3.34. The van der Waals surface area contributed by atoms with Crippen molar-refractivity contribution in [3.05, 3.63) is 57.7 Å². The molecule has 0 aromatic carbocycles. The quantitative estimate of drug-likeness (QED) is 0.696. The van der Waals surface area contributed by atoms with Crippen LogP contribution >= 0.6 is 15.9 Å². The second-order valence-corrected chi connectivity index (χ2v) is 5.23. The van der Waals surface area contributed by atoms with Crippen molar-refractivity contribution in [1.29, 1.82) is 0 Å². The van der Waals surface area contributed by atoms with Crippen LogP contribution in [0.1, 0.15) is 10.6 Å². The van der Waals surface area contributed by atoms with E-state index in [1.807, 2.05) is 0 Å². The van der Waals surface area contributed by atoms with Crippen molar-refractivity contribution in [2.45, 2.75) is 6.54 Å². The minimum atomic E-state index is -0.365. The molecule has 3 heterocycles. The molecular formula is C13H11BrN6O3. The summed E-state index contributed by atoms with van der Waals surface area (Å²) in [7, 11) is 0. The zero-order valence-corrected chi connectivity index (χ0v) is 13.3. The van der Waals surface area contributed by atoms with Gasteiger partial charge in [0.1, 0.15) is 12.7 Å². The lowest BCUT2D eigenvalue weighted by atomic mass is 10.4. The van der Waals surface area contributed by atoms with Crippen molar-refractivity contribution in [2.24, 2.45) is 0 Å². The molecule has 0 radical (unpaired) electrons. The zero-order valence-electron chi connectivity index (χ0n) is 11.7. The Morgan fingerprint density at radius 2 is 2.17 bits per heavy atom. The second kappa shape index (κ2) is 6.57. The average molecular weight is 379 g/mol. The molecule has 0 aliphatic heterocycles. The first kappa shape index (κ1) is 15.2. The third-order valence-electron chi connectivity index (χ3n) is 2.91. The van der Waals surface area contributed by atoms with Gasteiger partial charge in [-0.2, -0.15) is 5.10 Å². The van der Waals surface area contributed by atoms with E-state index in [2.05, 4.69) is 36.4 Å². The molecule has 23 heavy (non-hydrogen) atoms. The Balaban J connectivity index is 1.65. The Hall–Kier alpha value is -2.75. The van der Waals surface area contributed by atoms with Crippen LogP contribution < -0.4 is 10.9 Å². The molecule has 0 saturated heterocycles. The van der Waals surface area contributed by atoms with Crippen LogP contribution in [0.4, 0.5) is 0 Å². The van der Waals surface area contributed by atoms with Crippen LogP contribution in [0.25, 0.3) is 5.82 Å². The van der Waals surface area contributed by atoms with Gasteiger partial charge in [0, 0.05) is 12.6 Å². The van der Waals surface area contributed by atoms with Crippen molar-refractivity contribution in [1.82, 2.24) is 29.9 Å². The van der Waals surface area contributed by atoms with Gasteiger partial charge in [-0.3, -0.25) is 9.59 Å². The number of rotatable bonds is 5. The predicted octanol–water partition coefficient (Wildman–Crippen LogP) is 0.609. The molecule has 0 saturated carbocycles. The molecule has 3 aromatic rings. The fourth-order valence-electron chi connectivity index (χ4n) is 1.85. The molecule has 9 nitrogen and oxygen atoms in total. The lowest BCUT2D eigenvalue weighted by molar-refractivity contribution is 0.0922. The van der Waals surface area contributed by atoms with Crippen LogP contribution in [0.5, 0.6) is 0 Å². The smallest absolute Gasteiger partial charge is 0.287 e. The van der Waals surface area contributed by atoms with Gasteiger partial charge in [0.05, 0.1) is 6.54 Å². The maximum atomic E-state index is 11.8. The van der Waals surface area contributed by atoms with Crippen LogP contribution in [-0.4, -0.2) is 37.0 Å². The largest absolute Gasteiger partial charge is 0.444 e. The molecule has 118 valence electrons. The van der Waals surface area contributed by atoms with Gasteiger partial charge in [0.2, 0.25) is 0 Å². The Kier molecular flexibility index (Phi) is 4.33. The summed E-state index contributed by atoms with van der Waals surface area (Å²) >= 11 is 3.13. The molecule has 0 atom stereocenters. The Morgan fingerprint density at radius 3 is 2.87 bits per heavy atom. The molecule has 0 spiro atoms. The summed E-state index contributed by atoms with van der Waals surface area (Å²) in [4.78, 5) is 27.5. The number of nitrogens with one attached hydrogen (secondary N) is 1. The Bertz CT molecular complexity index is 870. The van der Waals surface area contributed by atoms with Crippen molar-refractivity contribution >= 4 is 21.8 Å². The summed E-state index contributed by atoms with van der Waals surface area (Å²) in [6.07, 6.45) is 2.85. The number of hydrogen-bond donors (Lipinski definition) is 1. The van der Waals surface area contributed by atoms with E-state index in [0.717, 1.165) is 0 Å². The van der Waals surface area contributed by atoms with E-state index >= 15 is 0 Å². The molecule has 0 fully saturated rings. The highest BCUT2D eigenvalue weighted by atomic mass is 79.9. The monoisotopic (exact) mass is 378 g/mol. The van der Waals surface area contributed by atoms with Crippen molar-refractivity contribution in [3.63, 3.8) is 0 Å². The van der Waals surface area contributed by atoms with Gasteiger partial charge in [-0.25, -0.2) is 14.3 Å². The Morgan fingerprint density at radius 1 is 1.30 bits per heavy atom. The van der Waals surface area contributed by atoms with Gasteiger partial charge in [-0.15, -0.1) is 5.10 Å². The first-order valence-corrected chi connectivity index (χ1v) is 7.39. The van der Waals surface area contributed by atoms with Crippen LogP contribution in [-0.2, 0) is 6.54 Å². The summed E-state index contributed by atoms with van der Waals surface area (Å²) in [5.74, 6) is 0.285. The first-order chi connectivity index (χ1) is 11.1. The number of nitrogens with zero attached hydrogens (tertiary/aromatic N) is 5. The molecule has 0 aliphatic carbocycles. The van der Waals surface area contributed by atoms with Gasteiger partial charge in [0.25, 0.3) is 11.5 Å². The van der Waals surface area contributed by atoms with E-state index in [9.17, 15) is 9.59 Å². The topological polar surface area (TPSA) is 108 Å². The van der Waals surface area contributed by atoms with Gasteiger partial charge in [-0.1, -0.05) is 0 Å². The standard InChI is InChI=1S/C13H11BrN6O3/c14-10-2-1-9(23-10)13(22)16-5-6-19-12(21)4-3-11(18-19)20-8-15-7-17-20/h1-4,7-8H,5-6H2,(H,16,22). The molecular weight excluding hydrogens is 368 g/mol. The molecule has 0 aliphatic rings. The molecule has 1 N–H and O–H groups in total. The van der Waals surface area contributed by atoms with E-state index in [-0.39, 0.29) is 30.3 Å². The summed E-state index contributed by atoms with van der Waals surface area (Å²) in [5.41, 5.74) is -0.274. The molecule has 0 bridgehead atoms. The SMILES string of the molecule is O=C(NCCn1nc(-n2cncn2)ccc1=O)c1ccc(Br)o1. The maximum Gasteiger partial charge on any atom is 0.287 e. The summed E-state index contributed by atoms with van der Waals surface area (Å²) in [6.45, 7) is 0.444. The summed E-state index contributed by atoms with van der Waals surface area (Å²) in [6, 6.07) is 6.11. The first-order valence-electron chi connectivity index (χ1n) is 6.60. The molecule has 3 aromatic heterocycles. The lowest BCUT2D eigenvalue weighted by Crippen LogP contribution is -2.32.